The number of hydrogen-bond acceptors (Lipinski definition) is 3. The first-order valence-corrected chi connectivity index (χ1v) is 7.80. The van der Waals surface area contributed by atoms with Crippen LogP contribution < -0.4 is 0 Å². The standard InChI is InChI=1S/C17H24N2O3/c1-18(13-17(21)22)15-8-5-10-19(11-9-15)16(20)12-14-6-3-2-4-7-14/h2-4,6-7,15H,5,8-13H2,1H3,(H,21,22). The number of carbonyl (C=O) groups is 2. The molecular formula is C17H24N2O3. The molecule has 1 N–H and O–H groups in total. The molecule has 0 spiro atoms. The maximum atomic E-state index is 12.4. The minimum atomic E-state index is -0.802. The highest BCUT2D eigenvalue weighted by atomic mass is 16.4. The van der Waals surface area contributed by atoms with Gasteiger partial charge in [-0.15, -0.1) is 0 Å². The number of carboxylic acids is 1. The zero-order valence-corrected chi connectivity index (χ0v) is 13.1. The fraction of sp³-hybridized carbons (Fsp3) is 0.529. The maximum Gasteiger partial charge on any atom is 0.317 e. The van der Waals surface area contributed by atoms with Crippen molar-refractivity contribution in [3.63, 3.8) is 0 Å². The van der Waals surface area contributed by atoms with Gasteiger partial charge in [0.15, 0.2) is 0 Å². The first-order chi connectivity index (χ1) is 10.6. The number of nitrogens with zero attached hydrogens (tertiary/aromatic N) is 2. The van der Waals surface area contributed by atoms with Crippen molar-refractivity contribution in [3.05, 3.63) is 35.9 Å². The van der Waals surface area contributed by atoms with Crippen molar-refractivity contribution in [1.29, 1.82) is 0 Å². The topological polar surface area (TPSA) is 60.9 Å². The van der Waals surface area contributed by atoms with E-state index in [1.807, 2.05) is 47.2 Å². The molecule has 0 aromatic heterocycles. The van der Waals surface area contributed by atoms with Gasteiger partial charge in [0.25, 0.3) is 0 Å². The second kappa shape index (κ2) is 7.94. The van der Waals surface area contributed by atoms with E-state index in [0.717, 1.165) is 31.4 Å². The van der Waals surface area contributed by atoms with Crippen LogP contribution in [0, 0.1) is 0 Å². The van der Waals surface area contributed by atoms with E-state index in [9.17, 15) is 9.59 Å². The van der Waals surface area contributed by atoms with Crippen molar-refractivity contribution in [1.82, 2.24) is 9.80 Å². The smallest absolute Gasteiger partial charge is 0.317 e. The lowest BCUT2D eigenvalue weighted by molar-refractivity contribution is -0.138. The molecule has 1 saturated heterocycles. The molecule has 1 unspecified atom stereocenters. The van der Waals surface area contributed by atoms with Crippen molar-refractivity contribution in [3.8, 4) is 0 Å². The predicted octanol–water partition coefficient (Wildman–Crippen LogP) is 1.63. The van der Waals surface area contributed by atoms with Gasteiger partial charge in [-0.25, -0.2) is 0 Å². The van der Waals surface area contributed by atoms with Crippen LogP contribution in [0.1, 0.15) is 24.8 Å². The predicted molar refractivity (Wildman–Crippen MR) is 84.6 cm³/mol. The third-order valence-corrected chi connectivity index (χ3v) is 4.26. The molecule has 0 aliphatic carbocycles. The summed E-state index contributed by atoms with van der Waals surface area (Å²) < 4.78 is 0. The Morgan fingerprint density at radius 1 is 1.23 bits per heavy atom. The van der Waals surface area contributed by atoms with Crippen molar-refractivity contribution >= 4 is 11.9 Å². The van der Waals surface area contributed by atoms with Crippen LogP contribution in [0.5, 0.6) is 0 Å². The summed E-state index contributed by atoms with van der Waals surface area (Å²) in [6, 6.07) is 10.0. The van der Waals surface area contributed by atoms with E-state index >= 15 is 0 Å². The zero-order chi connectivity index (χ0) is 15.9. The Kier molecular flexibility index (Phi) is 5.95. The fourth-order valence-electron chi connectivity index (χ4n) is 2.99. The monoisotopic (exact) mass is 304 g/mol. The van der Waals surface area contributed by atoms with Gasteiger partial charge < -0.3 is 10.0 Å². The van der Waals surface area contributed by atoms with Crippen LogP contribution in [0.15, 0.2) is 30.3 Å². The van der Waals surface area contributed by atoms with Gasteiger partial charge in [-0.2, -0.15) is 0 Å². The van der Waals surface area contributed by atoms with Gasteiger partial charge in [-0.3, -0.25) is 14.5 Å². The molecule has 120 valence electrons. The third-order valence-electron chi connectivity index (χ3n) is 4.26. The quantitative estimate of drug-likeness (QED) is 0.898. The van der Waals surface area contributed by atoms with E-state index in [1.165, 1.54) is 0 Å². The summed E-state index contributed by atoms with van der Waals surface area (Å²) >= 11 is 0. The van der Waals surface area contributed by atoms with E-state index in [0.29, 0.717) is 13.0 Å². The lowest BCUT2D eigenvalue weighted by atomic mass is 10.1. The number of amides is 1. The average Bonchev–Trinajstić information content (AvgIpc) is 2.73. The number of rotatable bonds is 5. The van der Waals surface area contributed by atoms with Crippen LogP contribution in [-0.2, 0) is 16.0 Å². The summed E-state index contributed by atoms with van der Waals surface area (Å²) in [6.07, 6.45) is 3.15. The summed E-state index contributed by atoms with van der Waals surface area (Å²) in [5, 5.41) is 8.88. The molecule has 5 heteroatoms. The lowest BCUT2D eigenvalue weighted by Gasteiger charge is -2.25. The van der Waals surface area contributed by atoms with Crippen LogP contribution in [0.25, 0.3) is 0 Å². The Morgan fingerprint density at radius 3 is 2.64 bits per heavy atom. The van der Waals surface area contributed by atoms with Crippen LogP contribution >= 0.6 is 0 Å². The molecule has 0 bridgehead atoms. The highest BCUT2D eigenvalue weighted by Gasteiger charge is 2.23. The van der Waals surface area contributed by atoms with Crippen LogP contribution in [0.2, 0.25) is 0 Å². The Bertz CT molecular complexity index is 504. The number of carboxylic acid groups (broad SMARTS) is 1. The Hall–Kier alpha value is -1.88. The molecule has 1 aromatic carbocycles. The summed E-state index contributed by atoms with van der Waals surface area (Å²) in [5.41, 5.74) is 1.04. The highest BCUT2D eigenvalue weighted by molar-refractivity contribution is 5.78. The number of hydrogen-bond donors (Lipinski definition) is 1. The molecule has 1 aliphatic rings. The van der Waals surface area contributed by atoms with Crippen molar-refractivity contribution in [2.24, 2.45) is 0 Å². The Balaban J connectivity index is 1.87. The van der Waals surface area contributed by atoms with Gasteiger partial charge in [0.05, 0.1) is 13.0 Å². The molecular weight excluding hydrogens is 280 g/mol. The van der Waals surface area contributed by atoms with Crippen LogP contribution in [0.3, 0.4) is 0 Å². The fourth-order valence-corrected chi connectivity index (χ4v) is 2.99. The minimum Gasteiger partial charge on any atom is -0.480 e. The van der Waals surface area contributed by atoms with Gasteiger partial charge in [0, 0.05) is 19.1 Å². The number of benzene rings is 1. The van der Waals surface area contributed by atoms with E-state index in [2.05, 4.69) is 0 Å². The summed E-state index contributed by atoms with van der Waals surface area (Å²) in [5.74, 6) is -0.642. The number of carbonyl (C=O) groups excluding carboxylic acids is 1. The first-order valence-electron chi connectivity index (χ1n) is 7.80. The lowest BCUT2D eigenvalue weighted by Crippen LogP contribution is -2.37. The molecule has 1 heterocycles. The number of aliphatic carboxylic acids is 1. The minimum absolute atomic E-state index is 0.0582. The summed E-state index contributed by atoms with van der Waals surface area (Å²) in [7, 11) is 1.85. The summed E-state index contributed by atoms with van der Waals surface area (Å²) in [6.45, 7) is 1.53. The molecule has 2 rings (SSSR count). The third kappa shape index (κ3) is 4.84. The molecule has 1 aliphatic heterocycles. The van der Waals surface area contributed by atoms with Crippen molar-refractivity contribution in [2.45, 2.75) is 31.7 Å². The molecule has 5 nitrogen and oxygen atoms in total. The zero-order valence-electron chi connectivity index (χ0n) is 13.1. The SMILES string of the molecule is CN(CC(=O)O)C1CCCN(C(=O)Cc2ccccc2)CC1. The van der Waals surface area contributed by atoms with Crippen molar-refractivity contribution < 1.29 is 14.7 Å². The first kappa shape index (κ1) is 16.5. The molecule has 1 aromatic rings. The van der Waals surface area contributed by atoms with E-state index in [4.69, 9.17) is 5.11 Å². The molecule has 22 heavy (non-hydrogen) atoms. The van der Waals surface area contributed by atoms with E-state index in [1.54, 1.807) is 0 Å². The van der Waals surface area contributed by atoms with E-state index in [-0.39, 0.29) is 18.5 Å². The molecule has 1 fully saturated rings. The van der Waals surface area contributed by atoms with Gasteiger partial charge >= 0.3 is 5.97 Å². The molecule has 1 amide bonds. The van der Waals surface area contributed by atoms with Gasteiger partial charge in [-0.05, 0) is 31.9 Å². The molecule has 0 radical (unpaired) electrons. The van der Waals surface area contributed by atoms with Gasteiger partial charge in [0.1, 0.15) is 0 Å². The second-order valence-corrected chi connectivity index (χ2v) is 5.94. The highest BCUT2D eigenvalue weighted by Crippen LogP contribution is 2.16. The Morgan fingerprint density at radius 2 is 1.95 bits per heavy atom. The van der Waals surface area contributed by atoms with Crippen molar-refractivity contribution in [2.75, 3.05) is 26.7 Å². The maximum absolute atomic E-state index is 12.4. The van der Waals surface area contributed by atoms with Gasteiger partial charge in [0.2, 0.25) is 5.91 Å². The normalized spacial score (nSPS) is 19.0. The van der Waals surface area contributed by atoms with E-state index < -0.39 is 5.97 Å². The average molecular weight is 304 g/mol. The van der Waals surface area contributed by atoms with Crippen LogP contribution in [-0.4, -0.2) is 59.5 Å². The largest absolute Gasteiger partial charge is 0.480 e. The molecule has 1 atom stereocenters. The Labute approximate surface area is 131 Å². The molecule has 0 saturated carbocycles. The number of likely N-dealkylation sites (tertiary alicyclic amines) is 1. The van der Waals surface area contributed by atoms with Gasteiger partial charge in [-0.1, -0.05) is 30.3 Å². The van der Waals surface area contributed by atoms with Crippen LogP contribution in [0.4, 0.5) is 0 Å². The summed E-state index contributed by atoms with van der Waals surface area (Å²) in [4.78, 5) is 27.0. The number of likely N-dealkylation sites (N-methyl/N-ethyl adjacent to an activating group) is 1. The second-order valence-electron chi connectivity index (χ2n) is 5.94.